The van der Waals surface area contributed by atoms with Crippen LogP contribution < -0.4 is 10.2 Å². The molecule has 3 aromatic heterocycles. The lowest BCUT2D eigenvalue weighted by molar-refractivity contribution is 0.0991. The van der Waals surface area contributed by atoms with E-state index >= 15 is 0 Å². The second-order valence-corrected chi connectivity index (χ2v) is 10.5. The molecule has 1 atom stereocenters. The maximum absolute atomic E-state index is 13.3. The van der Waals surface area contributed by atoms with Gasteiger partial charge in [-0.1, -0.05) is 24.3 Å². The predicted octanol–water partition coefficient (Wildman–Crippen LogP) is 6.28. The van der Waals surface area contributed by atoms with E-state index in [9.17, 15) is 9.59 Å². The minimum atomic E-state index is -0.258. The molecule has 5 aromatic rings. The highest BCUT2D eigenvalue weighted by Crippen LogP contribution is 2.30. The van der Waals surface area contributed by atoms with E-state index in [1.54, 1.807) is 36.3 Å². The van der Waals surface area contributed by atoms with Crippen LogP contribution in [-0.4, -0.2) is 39.6 Å². The molecule has 9 nitrogen and oxygen atoms in total. The molecule has 0 radical (unpaired) electrons. The summed E-state index contributed by atoms with van der Waals surface area (Å²) in [6.07, 6.45) is 10.6. The number of oxazole rings is 1. The fourth-order valence-electron chi connectivity index (χ4n) is 4.65. The summed E-state index contributed by atoms with van der Waals surface area (Å²) >= 11 is 1.32. The fraction of sp³-hybridized carbons (Fsp3) is 0.167. The third-order valence-electron chi connectivity index (χ3n) is 6.83. The number of aryl methyl sites for hydroxylation is 1. The number of thiophene rings is 1. The molecule has 40 heavy (non-hydrogen) atoms. The van der Waals surface area contributed by atoms with Gasteiger partial charge in [0.25, 0.3) is 11.8 Å². The highest BCUT2D eigenvalue weighted by Gasteiger charge is 2.20. The summed E-state index contributed by atoms with van der Waals surface area (Å²) in [7, 11) is 1.75. The molecule has 0 saturated heterocycles. The fourth-order valence-corrected chi connectivity index (χ4v) is 5.50. The van der Waals surface area contributed by atoms with Crippen LogP contribution in [0.2, 0.25) is 0 Å². The second-order valence-electron chi connectivity index (χ2n) is 9.44. The summed E-state index contributed by atoms with van der Waals surface area (Å²) in [5.74, 6) is 0.999. The highest BCUT2D eigenvalue weighted by atomic mass is 32.1. The summed E-state index contributed by atoms with van der Waals surface area (Å²) in [6, 6.07) is 18.5. The first-order valence-corrected chi connectivity index (χ1v) is 13.7. The van der Waals surface area contributed by atoms with Gasteiger partial charge < -0.3 is 13.9 Å². The molecule has 1 N–H and O–H groups in total. The Labute approximate surface area is 234 Å². The van der Waals surface area contributed by atoms with Crippen LogP contribution in [0.5, 0.6) is 0 Å². The Bertz CT molecular complexity index is 1720. The third-order valence-corrected chi connectivity index (χ3v) is 7.92. The Kier molecular flexibility index (Phi) is 7.07. The zero-order valence-electron chi connectivity index (χ0n) is 21.7. The SMILES string of the molecule is CN(C(=O)c1ccccc1)c1ccc2c(c1)nc(NC(=O)c1ccc(-c3cnco3)s1)n2CC[C@H]1C=NC=CC1. The molecular formula is C30H26N6O3S. The van der Waals surface area contributed by atoms with Crippen LogP contribution in [0.4, 0.5) is 11.6 Å². The topological polar surface area (TPSA) is 106 Å². The van der Waals surface area contributed by atoms with Gasteiger partial charge in [0, 0.05) is 37.3 Å². The van der Waals surface area contributed by atoms with Crippen molar-refractivity contribution in [2.75, 3.05) is 17.3 Å². The zero-order valence-corrected chi connectivity index (χ0v) is 22.5. The summed E-state index contributed by atoms with van der Waals surface area (Å²) in [6.45, 7) is 0.641. The molecule has 0 bridgehead atoms. The lowest BCUT2D eigenvalue weighted by Gasteiger charge is -2.18. The first-order valence-electron chi connectivity index (χ1n) is 12.9. The van der Waals surface area contributed by atoms with Gasteiger partial charge in [0.1, 0.15) is 0 Å². The van der Waals surface area contributed by atoms with E-state index in [0.717, 1.165) is 23.2 Å². The quantitative estimate of drug-likeness (QED) is 0.245. The van der Waals surface area contributed by atoms with E-state index in [4.69, 9.17) is 9.40 Å². The molecule has 1 aliphatic heterocycles. The number of fused-ring (bicyclic) bond motifs is 1. The smallest absolute Gasteiger partial charge is 0.268 e. The Morgan fingerprint density at radius 1 is 1.15 bits per heavy atom. The van der Waals surface area contributed by atoms with E-state index in [0.29, 0.717) is 45.8 Å². The number of allylic oxidation sites excluding steroid dienone is 1. The largest absolute Gasteiger partial charge is 0.443 e. The molecular weight excluding hydrogens is 524 g/mol. The van der Waals surface area contributed by atoms with Crippen LogP contribution in [-0.2, 0) is 6.54 Å². The maximum atomic E-state index is 13.3. The number of aromatic nitrogens is 3. The highest BCUT2D eigenvalue weighted by molar-refractivity contribution is 7.17. The van der Waals surface area contributed by atoms with Crippen LogP contribution >= 0.6 is 11.3 Å². The number of carbonyl (C=O) groups is 2. The maximum Gasteiger partial charge on any atom is 0.268 e. The third kappa shape index (κ3) is 5.21. The number of carbonyl (C=O) groups excluding carboxylic acids is 2. The summed E-state index contributed by atoms with van der Waals surface area (Å²) < 4.78 is 7.38. The monoisotopic (exact) mass is 550 g/mol. The van der Waals surface area contributed by atoms with Crippen molar-refractivity contribution in [3.8, 4) is 10.6 Å². The molecule has 0 saturated carbocycles. The summed E-state index contributed by atoms with van der Waals surface area (Å²) in [5.41, 5.74) is 2.87. The number of hydrogen-bond donors (Lipinski definition) is 1. The molecule has 6 rings (SSSR count). The Hall–Kier alpha value is -4.83. The zero-order chi connectivity index (χ0) is 27.5. The van der Waals surface area contributed by atoms with Gasteiger partial charge in [0.15, 0.2) is 12.2 Å². The van der Waals surface area contributed by atoms with Gasteiger partial charge >= 0.3 is 0 Å². The minimum absolute atomic E-state index is 0.113. The summed E-state index contributed by atoms with van der Waals surface area (Å²) in [4.78, 5) is 42.3. The average molecular weight is 551 g/mol. The number of nitrogens with one attached hydrogen (secondary N) is 1. The van der Waals surface area contributed by atoms with Gasteiger partial charge in [-0.3, -0.25) is 19.9 Å². The number of benzene rings is 2. The molecule has 0 spiro atoms. The van der Waals surface area contributed by atoms with Gasteiger partial charge in [-0.2, -0.15) is 0 Å². The van der Waals surface area contributed by atoms with Crippen LogP contribution in [0.1, 0.15) is 32.9 Å². The summed E-state index contributed by atoms with van der Waals surface area (Å²) in [5, 5.41) is 3.01. The van der Waals surface area contributed by atoms with Crippen LogP contribution in [0.15, 0.2) is 94.9 Å². The van der Waals surface area contributed by atoms with Crippen molar-refractivity contribution in [2.24, 2.45) is 10.9 Å². The Balaban J connectivity index is 1.29. The van der Waals surface area contributed by atoms with Crippen molar-refractivity contribution >= 4 is 52.0 Å². The number of anilines is 2. The molecule has 4 heterocycles. The number of aliphatic imine (C=N–C) groups is 1. The molecule has 1 aliphatic rings. The van der Waals surface area contributed by atoms with E-state index in [2.05, 4.69) is 21.4 Å². The van der Waals surface area contributed by atoms with E-state index in [1.165, 1.54) is 17.7 Å². The van der Waals surface area contributed by atoms with Crippen molar-refractivity contribution in [1.82, 2.24) is 14.5 Å². The number of nitrogens with zero attached hydrogens (tertiary/aromatic N) is 5. The molecule has 2 amide bonds. The Morgan fingerprint density at radius 2 is 2.02 bits per heavy atom. The van der Waals surface area contributed by atoms with Crippen LogP contribution in [0.3, 0.4) is 0 Å². The van der Waals surface area contributed by atoms with E-state index < -0.39 is 0 Å². The van der Waals surface area contributed by atoms with Gasteiger partial charge in [0.05, 0.1) is 27.0 Å². The lowest BCUT2D eigenvalue weighted by atomic mass is 10.0. The standard InChI is InChI=1S/C30H26N6O3S/c1-35(29(38)21-7-3-2-4-8-21)22-9-10-24-23(16-22)33-30(36(24)15-13-20-6-5-14-31-17-20)34-28(37)27-12-11-26(40-27)25-18-32-19-39-25/h2-5,7-12,14,16-20H,6,13,15H2,1H3,(H,33,34,37)/t20-/m0/s1. The van der Waals surface area contributed by atoms with Gasteiger partial charge in [0.2, 0.25) is 5.95 Å². The van der Waals surface area contributed by atoms with Crippen LogP contribution in [0, 0.1) is 5.92 Å². The number of rotatable bonds is 8. The molecule has 0 fully saturated rings. The first kappa shape index (κ1) is 25.4. The van der Waals surface area contributed by atoms with Crippen molar-refractivity contribution in [1.29, 1.82) is 0 Å². The van der Waals surface area contributed by atoms with Crippen molar-refractivity contribution < 1.29 is 14.0 Å². The van der Waals surface area contributed by atoms with Crippen molar-refractivity contribution in [3.05, 3.63) is 96.0 Å². The van der Waals surface area contributed by atoms with Gasteiger partial charge in [-0.25, -0.2) is 9.97 Å². The molecule has 200 valence electrons. The van der Waals surface area contributed by atoms with E-state index in [1.807, 2.05) is 59.4 Å². The second kappa shape index (κ2) is 11.1. The number of amides is 2. The van der Waals surface area contributed by atoms with Gasteiger partial charge in [-0.15, -0.1) is 11.3 Å². The van der Waals surface area contributed by atoms with Crippen molar-refractivity contribution in [2.45, 2.75) is 19.4 Å². The molecule has 2 aromatic carbocycles. The number of hydrogen-bond acceptors (Lipinski definition) is 7. The predicted molar refractivity (Wildman–Crippen MR) is 157 cm³/mol. The Morgan fingerprint density at radius 3 is 2.80 bits per heavy atom. The normalized spacial score (nSPS) is 14.5. The first-order chi connectivity index (χ1) is 19.6. The molecule has 0 unspecified atom stereocenters. The van der Waals surface area contributed by atoms with Crippen LogP contribution in [0.25, 0.3) is 21.7 Å². The lowest BCUT2D eigenvalue weighted by Crippen LogP contribution is -2.26. The van der Waals surface area contributed by atoms with Crippen molar-refractivity contribution in [3.63, 3.8) is 0 Å². The minimum Gasteiger partial charge on any atom is -0.443 e. The molecule has 10 heteroatoms. The van der Waals surface area contributed by atoms with E-state index in [-0.39, 0.29) is 11.8 Å². The average Bonchev–Trinajstić information content (AvgIpc) is 3.76. The van der Waals surface area contributed by atoms with Gasteiger partial charge in [-0.05, 0) is 61.2 Å². The number of imidazole rings is 1. The molecule has 0 aliphatic carbocycles.